The summed E-state index contributed by atoms with van der Waals surface area (Å²) in [6.45, 7) is 1.67. The minimum Gasteiger partial charge on any atom is -0.501 e. The van der Waals surface area contributed by atoms with Crippen LogP contribution in [0.3, 0.4) is 0 Å². The second-order valence-electron chi connectivity index (χ2n) is 3.08. The van der Waals surface area contributed by atoms with Crippen LogP contribution in [0.5, 0.6) is 5.75 Å². The lowest BCUT2D eigenvalue weighted by Crippen LogP contribution is -2.14. The molecule has 86 valence electrons. The number of methoxy groups -OCH3 is 1. The highest BCUT2D eigenvalue weighted by Gasteiger charge is 2.15. The second-order valence-corrected chi connectivity index (χ2v) is 3.34. The number of benzene rings is 1. The number of carbonyl (C=O) groups is 1. The van der Waals surface area contributed by atoms with Gasteiger partial charge in [0.1, 0.15) is 11.5 Å². The third kappa shape index (κ3) is 3.28. The Hall–Kier alpha value is -1.48. The van der Waals surface area contributed by atoms with E-state index in [1.807, 2.05) is 6.07 Å². The monoisotopic (exact) mass is 240 g/mol. The minimum atomic E-state index is -0.486. The Kier molecular flexibility index (Phi) is 4.86. The fourth-order valence-electron chi connectivity index (χ4n) is 1.07. The van der Waals surface area contributed by atoms with Gasteiger partial charge in [0.2, 0.25) is 0 Å². The largest absolute Gasteiger partial charge is 0.501 e. The van der Waals surface area contributed by atoms with E-state index in [9.17, 15) is 4.79 Å². The molecule has 4 heteroatoms. The van der Waals surface area contributed by atoms with E-state index in [2.05, 4.69) is 0 Å². The van der Waals surface area contributed by atoms with Crippen molar-refractivity contribution in [3.63, 3.8) is 0 Å². The van der Waals surface area contributed by atoms with Gasteiger partial charge in [-0.3, -0.25) is 0 Å². The molecule has 1 aromatic rings. The summed E-state index contributed by atoms with van der Waals surface area (Å²) in [6, 6.07) is 8.82. The average Bonchev–Trinajstić information content (AvgIpc) is 2.31. The van der Waals surface area contributed by atoms with Crippen molar-refractivity contribution in [3.05, 3.63) is 41.7 Å². The zero-order valence-corrected chi connectivity index (χ0v) is 9.95. The van der Waals surface area contributed by atoms with Crippen LogP contribution in [0.2, 0.25) is 0 Å². The molecule has 0 N–H and O–H groups in total. The first kappa shape index (κ1) is 12.6. The number of carbonyl (C=O) groups excluding carboxylic acids is 1. The molecule has 3 nitrogen and oxygen atoms in total. The second kappa shape index (κ2) is 6.18. The molecule has 0 saturated carbocycles. The van der Waals surface area contributed by atoms with Gasteiger partial charge in [0.25, 0.3) is 0 Å². The van der Waals surface area contributed by atoms with Crippen molar-refractivity contribution in [2.45, 2.75) is 6.92 Å². The van der Waals surface area contributed by atoms with E-state index < -0.39 is 5.97 Å². The SMILES string of the molecule is COC(C)=C(CCl)C(=O)Oc1ccccc1. The molecular formula is C12H13ClO3. The molecule has 16 heavy (non-hydrogen) atoms. The fraction of sp³-hybridized carbons (Fsp3) is 0.250. The summed E-state index contributed by atoms with van der Waals surface area (Å²) < 4.78 is 10.1. The minimum absolute atomic E-state index is 0.0609. The predicted octanol–water partition coefficient (Wildman–Crippen LogP) is 2.75. The highest BCUT2D eigenvalue weighted by Crippen LogP contribution is 2.14. The number of alkyl halides is 1. The molecule has 1 aromatic carbocycles. The summed E-state index contributed by atoms with van der Waals surface area (Å²) in [7, 11) is 1.48. The number of halogens is 1. The van der Waals surface area contributed by atoms with Gasteiger partial charge in [-0.05, 0) is 19.1 Å². The zero-order valence-electron chi connectivity index (χ0n) is 9.20. The molecule has 0 saturated heterocycles. The van der Waals surface area contributed by atoms with Crippen LogP contribution in [0, 0.1) is 0 Å². The summed E-state index contributed by atoms with van der Waals surface area (Å²) in [6.07, 6.45) is 0. The van der Waals surface area contributed by atoms with Gasteiger partial charge in [-0.15, -0.1) is 11.6 Å². The number of ether oxygens (including phenoxy) is 2. The van der Waals surface area contributed by atoms with Crippen molar-refractivity contribution in [2.75, 3.05) is 13.0 Å². The average molecular weight is 241 g/mol. The highest BCUT2D eigenvalue weighted by atomic mass is 35.5. The van der Waals surface area contributed by atoms with Crippen LogP contribution in [0.4, 0.5) is 0 Å². The molecular weight excluding hydrogens is 228 g/mol. The Balaban J connectivity index is 2.79. The number of para-hydroxylation sites is 1. The first-order valence-electron chi connectivity index (χ1n) is 4.76. The van der Waals surface area contributed by atoms with Crippen LogP contribution < -0.4 is 4.74 Å². The van der Waals surface area contributed by atoms with Crippen LogP contribution in [0.25, 0.3) is 0 Å². The lowest BCUT2D eigenvalue weighted by atomic mass is 10.2. The summed E-state index contributed by atoms with van der Waals surface area (Å²) in [4.78, 5) is 11.7. The van der Waals surface area contributed by atoms with E-state index in [0.29, 0.717) is 17.1 Å². The standard InChI is InChI=1S/C12H13ClO3/c1-9(15-2)11(8-13)12(14)16-10-6-4-3-5-7-10/h3-7H,8H2,1-2H3. The van der Waals surface area contributed by atoms with Crippen molar-refractivity contribution in [1.29, 1.82) is 0 Å². The van der Waals surface area contributed by atoms with Gasteiger partial charge >= 0.3 is 5.97 Å². The van der Waals surface area contributed by atoms with Gasteiger partial charge in [0.15, 0.2) is 0 Å². The highest BCUT2D eigenvalue weighted by molar-refractivity contribution is 6.22. The number of hydrogen-bond acceptors (Lipinski definition) is 3. The molecule has 0 fully saturated rings. The Morgan fingerprint density at radius 1 is 1.31 bits per heavy atom. The molecule has 0 heterocycles. The quantitative estimate of drug-likeness (QED) is 0.267. The molecule has 0 unspecified atom stereocenters. The first-order chi connectivity index (χ1) is 7.69. The molecule has 0 aliphatic carbocycles. The van der Waals surface area contributed by atoms with Crippen molar-refractivity contribution in [2.24, 2.45) is 0 Å². The van der Waals surface area contributed by atoms with E-state index in [1.165, 1.54) is 7.11 Å². The van der Waals surface area contributed by atoms with Crippen LogP contribution in [0.15, 0.2) is 41.7 Å². The predicted molar refractivity (Wildman–Crippen MR) is 62.5 cm³/mol. The third-order valence-electron chi connectivity index (χ3n) is 2.06. The summed E-state index contributed by atoms with van der Waals surface area (Å²) in [5.41, 5.74) is 0.327. The molecule has 0 aliphatic heterocycles. The maximum absolute atomic E-state index is 11.7. The third-order valence-corrected chi connectivity index (χ3v) is 2.33. The van der Waals surface area contributed by atoms with E-state index >= 15 is 0 Å². The summed E-state index contributed by atoms with van der Waals surface area (Å²) in [5.74, 6) is 0.529. The van der Waals surface area contributed by atoms with Crippen molar-refractivity contribution < 1.29 is 14.3 Å². The Bertz CT molecular complexity index is 385. The van der Waals surface area contributed by atoms with Gasteiger partial charge in [-0.2, -0.15) is 0 Å². The fourth-order valence-corrected chi connectivity index (χ4v) is 1.37. The lowest BCUT2D eigenvalue weighted by Gasteiger charge is -2.08. The number of hydrogen-bond donors (Lipinski definition) is 0. The molecule has 1 rings (SSSR count). The summed E-state index contributed by atoms with van der Waals surface area (Å²) >= 11 is 5.66. The van der Waals surface area contributed by atoms with Crippen LogP contribution >= 0.6 is 11.6 Å². The van der Waals surface area contributed by atoms with E-state index in [-0.39, 0.29) is 5.88 Å². The van der Waals surface area contributed by atoms with E-state index in [1.54, 1.807) is 31.2 Å². The maximum atomic E-state index is 11.7. The Morgan fingerprint density at radius 3 is 2.44 bits per heavy atom. The topological polar surface area (TPSA) is 35.5 Å². The Labute approximate surface area is 99.6 Å². The number of esters is 1. The molecule has 0 radical (unpaired) electrons. The van der Waals surface area contributed by atoms with Crippen molar-refractivity contribution >= 4 is 17.6 Å². The normalized spacial score (nSPS) is 11.7. The molecule has 0 atom stereocenters. The molecule has 0 amide bonds. The van der Waals surface area contributed by atoms with Gasteiger partial charge in [-0.1, -0.05) is 18.2 Å². The molecule has 0 aromatic heterocycles. The van der Waals surface area contributed by atoms with Crippen LogP contribution in [0.1, 0.15) is 6.92 Å². The van der Waals surface area contributed by atoms with Crippen molar-refractivity contribution in [1.82, 2.24) is 0 Å². The van der Waals surface area contributed by atoms with Crippen LogP contribution in [-0.2, 0) is 9.53 Å². The number of rotatable bonds is 4. The summed E-state index contributed by atoms with van der Waals surface area (Å²) in [5, 5.41) is 0. The first-order valence-corrected chi connectivity index (χ1v) is 5.29. The molecule has 0 spiro atoms. The zero-order chi connectivity index (χ0) is 12.0. The lowest BCUT2D eigenvalue weighted by molar-refractivity contribution is -0.130. The van der Waals surface area contributed by atoms with E-state index in [0.717, 1.165) is 0 Å². The molecule has 0 aliphatic rings. The smallest absolute Gasteiger partial charge is 0.344 e. The Morgan fingerprint density at radius 2 is 1.94 bits per heavy atom. The van der Waals surface area contributed by atoms with Gasteiger partial charge in [0, 0.05) is 0 Å². The molecule has 0 bridgehead atoms. The maximum Gasteiger partial charge on any atom is 0.344 e. The number of allylic oxidation sites excluding steroid dienone is 1. The van der Waals surface area contributed by atoms with Gasteiger partial charge in [-0.25, -0.2) is 4.79 Å². The van der Waals surface area contributed by atoms with Gasteiger partial charge < -0.3 is 9.47 Å². The van der Waals surface area contributed by atoms with Gasteiger partial charge in [0.05, 0.1) is 18.6 Å². The van der Waals surface area contributed by atoms with Crippen molar-refractivity contribution in [3.8, 4) is 5.75 Å². The van der Waals surface area contributed by atoms with Crippen LogP contribution in [-0.4, -0.2) is 19.0 Å². The van der Waals surface area contributed by atoms with E-state index in [4.69, 9.17) is 21.1 Å².